The van der Waals surface area contributed by atoms with Crippen LogP contribution in [0.2, 0.25) is 0 Å². The minimum absolute atomic E-state index is 0.0641. The number of rotatable bonds is 1. The number of primary amides is 1. The summed E-state index contributed by atoms with van der Waals surface area (Å²) in [6.07, 6.45) is 8.52. The number of piperidine rings is 1. The summed E-state index contributed by atoms with van der Waals surface area (Å²) in [4.78, 5) is 23.6. The van der Waals surface area contributed by atoms with Crippen molar-refractivity contribution in [2.75, 3.05) is 19.6 Å². The van der Waals surface area contributed by atoms with E-state index >= 15 is 0 Å². The zero-order valence-corrected chi connectivity index (χ0v) is 15.9. The summed E-state index contributed by atoms with van der Waals surface area (Å²) in [6.45, 7) is 2.79. The molecule has 0 aromatic heterocycles. The molecular formula is C22H29N3O2. The van der Waals surface area contributed by atoms with Gasteiger partial charge in [-0.15, -0.1) is 0 Å². The van der Waals surface area contributed by atoms with Gasteiger partial charge in [0, 0.05) is 19.6 Å². The molecule has 1 spiro atoms. The molecule has 3 N–H and O–H groups in total. The number of nitrogens with two attached hydrogens (primary N) is 1. The average Bonchev–Trinajstić information content (AvgIpc) is 3.47. The van der Waals surface area contributed by atoms with Crippen LogP contribution in [-0.2, 0) is 16.0 Å². The fourth-order valence-electron chi connectivity index (χ4n) is 4.91. The third-order valence-electron chi connectivity index (χ3n) is 6.73. The average molecular weight is 367 g/mol. The van der Waals surface area contributed by atoms with E-state index in [9.17, 15) is 4.79 Å². The first-order valence-corrected chi connectivity index (χ1v) is 10.1. The number of nitrogens with zero attached hydrogens (tertiary/aromatic N) is 1. The second-order valence-corrected chi connectivity index (χ2v) is 8.36. The Hall–Kier alpha value is -2.14. The van der Waals surface area contributed by atoms with Gasteiger partial charge in [-0.3, -0.25) is 9.59 Å². The van der Waals surface area contributed by atoms with E-state index in [2.05, 4.69) is 40.2 Å². The number of fused-ring (bicyclic) bond motifs is 2. The largest absolute Gasteiger partial charge is 0.372 e. The lowest BCUT2D eigenvalue weighted by Crippen LogP contribution is -2.52. The maximum atomic E-state index is 12.9. The summed E-state index contributed by atoms with van der Waals surface area (Å²) < 4.78 is 0. The van der Waals surface area contributed by atoms with E-state index in [1.165, 1.54) is 41.5 Å². The van der Waals surface area contributed by atoms with Gasteiger partial charge in [0.15, 0.2) is 0 Å². The zero-order chi connectivity index (χ0) is 18.9. The van der Waals surface area contributed by atoms with E-state index in [1.807, 2.05) is 0 Å². The van der Waals surface area contributed by atoms with Crippen molar-refractivity contribution < 1.29 is 9.59 Å². The molecule has 2 aliphatic carbocycles. The summed E-state index contributed by atoms with van der Waals surface area (Å²) in [5.41, 5.74) is 10.7. The topological polar surface area (TPSA) is 75.4 Å². The van der Waals surface area contributed by atoms with Crippen molar-refractivity contribution in [3.63, 3.8) is 0 Å². The summed E-state index contributed by atoms with van der Waals surface area (Å²) in [7, 11) is 0. The number of hydrogen-bond donors (Lipinski definition) is 2. The number of carbonyl (C=O) groups excluding carboxylic acids is 2. The van der Waals surface area contributed by atoms with Crippen LogP contribution in [0.1, 0.15) is 49.7 Å². The molecule has 2 aliphatic heterocycles. The highest BCUT2D eigenvalue weighted by molar-refractivity contribution is 5.84. The van der Waals surface area contributed by atoms with Gasteiger partial charge < -0.3 is 16.0 Å². The molecule has 1 saturated heterocycles. The van der Waals surface area contributed by atoms with E-state index in [-0.39, 0.29) is 12.5 Å². The lowest BCUT2D eigenvalue weighted by Gasteiger charge is -2.38. The molecule has 2 amide bonds. The van der Waals surface area contributed by atoms with Crippen molar-refractivity contribution >= 4 is 17.9 Å². The number of amides is 2. The highest BCUT2D eigenvalue weighted by Gasteiger charge is 2.46. The molecule has 1 atom stereocenters. The van der Waals surface area contributed by atoms with Crippen LogP contribution in [0.5, 0.6) is 0 Å². The van der Waals surface area contributed by atoms with Crippen molar-refractivity contribution in [3.05, 3.63) is 41.0 Å². The Morgan fingerprint density at radius 3 is 2.67 bits per heavy atom. The molecule has 27 heavy (non-hydrogen) atoms. The van der Waals surface area contributed by atoms with E-state index in [4.69, 9.17) is 4.79 Å². The van der Waals surface area contributed by atoms with Crippen LogP contribution in [0, 0.1) is 5.41 Å². The second-order valence-electron chi connectivity index (χ2n) is 8.36. The molecule has 1 aromatic carbocycles. The quantitative estimate of drug-likeness (QED) is 0.748. The smallest absolute Gasteiger partial charge is 0.240 e. The van der Waals surface area contributed by atoms with Crippen molar-refractivity contribution in [1.29, 1.82) is 0 Å². The Labute approximate surface area is 161 Å². The van der Waals surface area contributed by atoms with Gasteiger partial charge in [0.2, 0.25) is 12.3 Å². The van der Waals surface area contributed by atoms with Crippen LogP contribution in [0.15, 0.2) is 29.8 Å². The van der Waals surface area contributed by atoms with Crippen molar-refractivity contribution in [2.24, 2.45) is 11.1 Å². The Balaban J connectivity index is 0.000000565. The Morgan fingerprint density at radius 2 is 1.96 bits per heavy atom. The molecular weight excluding hydrogens is 338 g/mol. The van der Waals surface area contributed by atoms with Crippen molar-refractivity contribution in [3.8, 4) is 0 Å². The number of aryl methyl sites for hydroxylation is 1. The summed E-state index contributed by atoms with van der Waals surface area (Å²) >= 11 is 0. The number of benzene rings is 1. The molecule has 1 aromatic rings. The molecule has 1 saturated carbocycles. The molecule has 0 bridgehead atoms. The van der Waals surface area contributed by atoms with Gasteiger partial charge in [0.1, 0.15) is 0 Å². The maximum absolute atomic E-state index is 12.9. The van der Waals surface area contributed by atoms with Crippen molar-refractivity contribution in [1.82, 2.24) is 10.2 Å². The molecule has 4 aliphatic rings. The lowest BCUT2D eigenvalue weighted by atomic mass is 9.82. The second kappa shape index (κ2) is 7.47. The molecule has 0 radical (unpaired) electrons. The normalized spacial score (nSPS) is 25.0. The highest BCUT2D eigenvalue weighted by atomic mass is 16.2. The van der Waals surface area contributed by atoms with E-state index in [0.717, 1.165) is 45.3 Å². The third-order valence-corrected chi connectivity index (χ3v) is 6.73. The van der Waals surface area contributed by atoms with Crippen LogP contribution in [-0.4, -0.2) is 42.9 Å². The first-order valence-electron chi connectivity index (χ1n) is 10.1. The van der Waals surface area contributed by atoms with E-state index < -0.39 is 0 Å². The standard InChI is InChI=1S/C21H26N2O.CH3NO/c24-20(19-7-9-21(10-11-21)14-22-19)23-12-8-18-16(13-23)6-5-15-3-1-2-4-17(15)18;2-1-3/h1-4,19,22H,5-14H2;1H,(H2,2,3)/t19-;/m0./s1. The number of hydrogen-bond acceptors (Lipinski definition) is 3. The minimum Gasteiger partial charge on any atom is -0.372 e. The fourth-order valence-corrected chi connectivity index (χ4v) is 4.91. The molecule has 0 unspecified atom stereocenters. The zero-order valence-electron chi connectivity index (χ0n) is 15.9. The van der Waals surface area contributed by atoms with Crippen LogP contribution < -0.4 is 11.1 Å². The Kier molecular flexibility index (Phi) is 5.04. The minimum atomic E-state index is 0.0641. The molecule has 5 nitrogen and oxygen atoms in total. The Bertz CT molecular complexity index is 757. The molecule has 2 fully saturated rings. The lowest BCUT2D eigenvalue weighted by molar-refractivity contribution is -0.134. The highest BCUT2D eigenvalue weighted by Crippen LogP contribution is 2.51. The fraction of sp³-hybridized carbons (Fsp3) is 0.545. The number of carbonyl (C=O) groups is 2. The Morgan fingerprint density at radius 1 is 1.19 bits per heavy atom. The predicted molar refractivity (Wildman–Crippen MR) is 106 cm³/mol. The first-order chi connectivity index (χ1) is 13.2. The van der Waals surface area contributed by atoms with Gasteiger partial charge in [0.25, 0.3) is 0 Å². The number of nitrogens with one attached hydrogen (secondary N) is 1. The summed E-state index contributed by atoms with van der Waals surface area (Å²) in [5, 5.41) is 3.55. The van der Waals surface area contributed by atoms with Gasteiger partial charge in [0.05, 0.1) is 6.04 Å². The van der Waals surface area contributed by atoms with Gasteiger partial charge in [-0.2, -0.15) is 0 Å². The first kappa shape index (κ1) is 18.2. The van der Waals surface area contributed by atoms with Crippen molar-refractivity contribution in [2.45, 2.75) is 51.0 Å². The van der Waals surface area contributed by atoms with Crippen LogP contribution in [0.4, 0.5) is 0 Å². The van der Waals surface area contributed by atoms with E-state index in [0.29, 0.717) is 11.3 Å². The van der Waals surface area contributed by atoms with Gasteiger partial charge >= 0.3 is 0 Å². The van der Waals surface area contributed by atoms with Gasteiger partial charge in [-0.25, -0.2) is 0 Å². The third kappa shape index (κ3) is 3.65. The molecule has 5 heteroatoms. The summed E-state index contributed by atoms with van der Waals surface area (Å²) in [5.74, 6) is 0.343. The monoisotopic (exact) mass is 367 g/mol. The van der Waals surface area contributed by atoms with Crippen LogP contribution in [0.25, 0.3) is 5.57 Å². The van der Waals surface area contributed by atoms with Crippen LogP contribution >= 0.6 is 0 Å². The molecule has 2 heterocycles. The SMILES string of the molecule is NC=O.O=C([C@@H]1CCC2(CC2)CN1)N1CCC2=C(CCc3ccccc32)C1. The van der Waals surface area contributed by atoms with Crippen LogP contribution in [0.3, 0.4) is 0 Å². The molecule has 144 valence electrons. The van der Waals surface area contributed by atoms with E-state index in [1.54, 1.807) is 0 Å². The maximum Gasteiger partial charge on any atom is 0.240 e. The van der Waals surface area contributed by atoms with Gasteiger partial charge in [-0.05, 0) is 72.6 Å². The molecule has 5 rings (SSSR count). The predicted octanol–water partition coefficient (Wildman–Crippen LogP) is 2.25. The van der Waals surface area contributed by atoms with Gasteiger partial charge in [-0.1, -0.05) is 24.3 Å². The summed E-state index contributed by atoms with van der Waals surface area (Å²) in [6, 6.07) is 8.88.